The molecule has 0 amide bonds. The van der Waals surface area contributed by atoms with Crippen molar-refractivity contribution >= 4 is 10.1 Å². The molecule has 5 heteroatoms. The number of nitrogens with two attached hydrogens (primary N) is 1. The molecule has 4 nitrogen and oxygen atoms in total. The highest BCUT2D eigenvalue weighted by Gasteiger charge is 2.45. The van der Waals surface area contributed by atoms with Gasteiger partial charge in [0.2, 0.25) is 0 Å². The van der Waals surface area contributed by atoms with E-state index in [9.17, 15) is 8.42 Å². The smallest absolute Gasteiger partial charge is 0.264 e. The number of rotatable bonds is 6. The molecular weight excluding hydrogens is 262 g/mol. The van der Waals surface area contributed by atoms with Gasteiger partial charge in [-0.15, -0.1) is 0 Å². The van der Waals surface area contributed by atoms with Gasteiger partial charge in [0, 0.05) is 12.0 Å². The highest BCUT2D eigenvalue weighted by molar-refractivity contribution is 7.86. The van der Waals surface area contributed by atoms with Gasteiger partial charge in [-0.1, -0.05) is 40.5 Å². The molecule has 1 unspecified atom stereocenters. The summed E-state index contributed by atoms with van der Waals surface area (Å²) in [5.41, 5.74) is 6.43. The van der Waals surface area contributed by atoms with Crippen LogP contribution in [-0.2, 0) is 14.3 Å². The summed E-state index contributed by atoms with van der Waals surface area (Å²) in [6.07, 6.45) is 3.91. The summed E-state index contributed by atoms with van der Waals surface area (Å²) in [7, 11) is -3.43. The van der Waals surface area contributed by atoms with Crippen molar-refractivity contribution in [3.8, 4) is 0 Å². The van der Waals surface area contributed by atoms with Crippen LogP contribution in [0.3, 0.4) is 0 Å². The lowest BCUT2D eigenvalue weighted by Gasteiger charge is -2.33. The minimum Gasteiger partial charge on any atom is -0.327 e. The zero-order chi connectivity index (χ0) is 14.8. The SMILES string of the molecule is CCC(CC)C(N)[C@@H]1[C@H](OS(C)(=O)=O)[C@@H](C)C[C@H]1C. The molecule has 1 aliphatic rings. The van der Waals surface area contributed by atoms with Crippen molar-refractivity contribution in [2.24, 2.45) is 29.4 Å². The van der Waals surface area contributed by atoms with Gasteiger partial charge in [0.1, 0.15) is 0 Å². The van der Waals surface area contributed by atoms with Crippen molar-refractivity contribution in [3.05, 3.63) is 0 Å². The van der Waals surface area contributed by atoms with E-state index in [4.69, 9.17) is 9.92 Å². The van der Waals surface area contributed by atoms with E-state index in [0.717, 1.165) is 25.5 Å². The Labute approximate surface area is 118 Å². The van der Waals surface area contributed by atoms with Gasteiger partial charge >= 0.3 is 0 Å². The fourth-order valence-corrected chi connectivity index (χ4v) is 4.41. The Hall–Kier alpha value is -0.130. The van der Waals surface area contributed by atoms with E-state index in [1.54, 1.807) is 0 Å². The molecule has 5 atom stereocenters. The van der Waals surface area contributed by atoms with E-state index in [2.05, 4.69) is 27.7 Å². The van der Waals surface area contributed by atoms with Crippen LogP contribution in [0.5, 0.6) is 0 Å². The Balaban J connectivity index is 2.93. The first kappa shape index (κ1) is 16.9. The van der Waals surface area contributed by atoms with Crippen LogP contribution in [0.1, 0.15) is 47.0 Å². The molecule has 0 spiro atoms. The average molecular weight is 291 g/mol. The summed E-state index contributed by atoms with van der Waals surface area (Å²) in [5.74, 6) is 1.23. The van der Waals surface area contributed by atoms with E-state index >= 15 is 0 Å². The maximum Gasteiger partial charge on any atom is 0.264 e. The molecule has 1 fully saturated rings. The zero-order valence-corrected chi connectivity index (χ0v) is 13.6. The minimum atomic E-state index is -3.43. The Morgan fingerprint density at radius 1 is 1.21 bits per heavy atom. The molecule has 0 aromatic rings. The summed E-state index contributed by atoms with van der Waals surface area (Å²) in [6, 6.07) is 0.0155. The molecule has 0 aromatic carbocycles. The van der Waals surface area contributed by atoms with Crippen molar-refractivity contribution < 1.29 is 12.6 Å². The van der Waals surface area contributed by atoms with Gasteiger partial charge in [-0.05, 0) is 24.2 Å². The van der Waals surface area contributed by atoms with Crippen LogP contribution in [0, 0.1) is 23.7 Å². The normalized spacial score (nSPS) is 33.8. The van der Waals surface area contributed by atoms with Crippen molar-refractivity contribution in [3.63, 3.8) is 0 Å². The summed E-state index contributed by atoms with van der Waals surface area (Å²) in [6.45, 7) is 8.51. The summed E-state index contributed by atoms with van der Waals surface area (Å²) in [5, 5.41) is 0. The van der Waals surface area contributed by atoms with Gasteiger partial charge in [0.15, 0.2) is 0 Å². The molecule has 1 saturated carbocycles. The Morgan fingerprint density at radius 3 is 2.16 bits per heavy atom. The van der Waals surface area contributed by atoms with Gasteiger partial charge in [0.25, 0.3) is 10.1 Å². The molecule has 0 aromatic heterocycles. The molecular formula is C14H29NO3S. The summed E-state index contributed by atoms with van der Waals surface area (Å²) < 4.78 is 28.3. The third kappa shape index (κ3) is 4.17. The second-order valence-corrected chi connectivity index (χ2v) is 7.79. The Morgan fingerprint density at radius 2 is 1.74 bits per heavy atom. The highest BCUT2D eigenvalue weighted by Crippen LogP contribution is 2.42. The lowest BCUT2D eigenvalue weighted by atomic mass is 9.79. The summed E-state index contributed by atoms with van der Waals surface area (Å²) >= 11 is 0. The molecule has 0 heterocycles. The molecule has 1 rings (SSSR count). The van der Waals surface area contributed by atoms with E-state index in [1.807, 2.05) is 0 Å². The standard InChI is InChI=1S/C14H29NO3S/c1-6-11(7-2)13(15)12-9(3)8-10(4)14(12)18-19(5,16)17/h9-14H,6-8,15H2,1-5H3/t9-,10+,12-,13?,14-/m1/s1. The first-order chi connectivity index (χ1) is 8.71. The van der Waals surface area contributed by atoms with E-state index in [1.165, 1.54) is 0 Å². The first-order valence-corrected chi connectivity index (χ1v) is 9.16. The predicted molar refractivity (Wildman–Crippen MR) is 78.2 cm³/mol. The lowest BCUT2D eigenvalue weighted by molar-refractivity contribution is 0.0914. The van der Waals surface area contributed by atoms with Gasteiger partial charge in [-0.25, -0.2) is 0 Å². The largest absolute Gasteiger partial charge is 0.327 e. The van der Waals surface area contributed by atoms with Crippen LogP contribution in [0.25, 0.3) is 0 Å². The quantitative estimate of drug-likeness (QED) is 0.763. The van der Waals surface area contributed by atoms with Crippen molar-refractivity contribution in [1.82, 2.24) is 0 Å². The third-order valence-electron chi connectivity index (χ3n) is 4.66. The number of hydrogen-bond donors (Lipinski definition) is 1. The van der Waals surface area contributed by atoms with Crippen LogP contribution >= 0.6 is 0 Å². The monoisotopic (exact) mass is 291 g/mol. The van der Waals surface area contributed by atoms with E-state index in [-0.39, 0.29) is 24.0 Å². The van der Waals surface area contributed by atoms with Crippen LogP contribution in [-0.4, -0.2) is 26.8 Å². The predicted octanol–water partition coefficient (Wildman–Crippen LogP) is 2.39. The zero-order valence-electron chi connectivity index (χ0n) is 12.8. The van der Waals surface area contributed by atoms with Crippen LogP contribution < -0.4 is 5.73 Å². The van der Waals surface area contributed by atoms with Gasteiger partial charge in [-0.2, -0.15) is 8.42 Å². The number of hydrogen-bond acceptors (Lipinski definition) is 4. The Bertz CT molecular complexity index is 378. The molecule has 0 aliphatic heterocycles. The van der Waals surface area contributed by atoms with Gasteiger partial charge in [-0.3, -0.25) is 4.18 Å². The second kappa shape index (κ2) is 6.55. The summed E-state index contributed by atoms with van der Waals surface area (Å²) in [4.78, 5) is 0. The second-order valence-electron chi connectivity index (χ2n) is 6.19. The minimum absolute atomic E-state index is 0.0155. The van der Waals surface area contributed by atoms with Gasteiger partial charge < -0.3 is 5.73 Å². The van der Waals surface area contributed by atoms with E-state index < -0.39 is 10.1 Å². The fraction of sp³-hybridized carbons (Fsp3) is 1.00. The van der Waals surface area contributed by atoms with E-state index in [0.29, 0.717) is 11.8 Å². The third-order valence-corrected chi connectivity index (χ3v) is 5.24. The van der Waals surface area contributed by atoms with Crippen molar-refractivity contribution in [2.45, 2.75) is 59.1 Å². The molecule has 1 aliphatic carbocycles. The molecule has 0 radical (unpaired) electrons. The van der Waals surface area contributed by atoms with Gasteiger partial charge in [0.05, 0.1) is 12.4 Å². The first-order valence-electron chi connectivity index (χ1n) is 7.35. The van der Waals surface area contributed by atoms with Crippen molar-refractivity contribution in [2.75, 3.05) is 6.26 Å². The molecule has 114 valence electrons. The highest BCUT2D eigenvalue weighted by atomic mass is 32.2. The Kier molecular flexibility index (Phi) is 5.83. The maximum absolute atomic E-state index is 11.5. The average Bonchev–Trinajstić information content (AvgIpc) is 2.53. The fourth-order valence-electron chi connectivity index (χ4n) is 3.69. The van der Waals surface area contributed by atoms with Crippen LogP contribution in [0.2, 0.25) is 0 Å². The van der Waals surface area contributed by atoms with Crippen LogP contribution in [0.15, 0.2) is 0 Å². The topological polar surface area (TPSA) is 69.4 Å². The van der Waals surface area contributed by atoms with Crippen molar-refractivity contribution in [1.29, 1.82) is 0 Å². The molecule has 0 saturated heterocycles. The molecule has 2 N–H and O–H groups in total. The molecule has 19 heavy (non-hydrogen) atoms. The lowest BCUT2D eigenvalue weighted by Crippen LogP contribution is -2.45. The van der Waals surface area contributed by atoms with Crippen LogP contribution in [0.4, 0.5) is 0 Å². The maximum atomic E-state index is 11.5. The molecule has 0 bridgehead atoms.